The van der Waals surface area contributed by atoms with Crippen molar-refractivity contribution in [2.45, 2.75) is 101 Å². The number of anilines is 3. The fraction of sp³-hybridized carbons (Fsp3) is 0.386. The molecule has 0 aliphatic heterocycles. The second kappa shape index (κ2) is 18.7. The summed E-state index contributed by atoms with van der Waals surface area (Å²) in [6, 6.07) is 15.1. The van der Waals surface area contributed by atoms with E-state index in [1.165, 1.54) is 59.9 Å². The molecule has 3 saturated carbocycles. The number of hydrogen-bond donors (Lipinski definition) is 3. The van der Waals surface area contributed by atoms with Gasteiger partial charge in [-0.1, -0.05) is 56.0 Å². The molecule has 0 saturated heterocycles. The van der Waals surface area contributed by atoms with Gasteiger partial charge in [-0.15, -0.1) is 0 Å². The zero-order valence-corrected chi connectivity index (χ0v) is 36.4. The van der Waals surface area contributed by atoms with Gasteiger partial charge in [0, 0.05) is 30.9 Å². The monoisotopic (exact) mass is 969 g/mol. The highest BCUT2D eigenvalue weighted by atomic mass is 19.4. The van der Waals surface area contributed by atoms with Gasteiger partial charge in [-0.25, -0.2) is 49.2 Å². The van der Waals surface area contributed by atoms with Gasteiger partial charge >= 0.3 is 18.5 Å². The molecule has 0 amide bonds. The van der Waals surface area contributed by atoms with Crippen LogP contribution in [0.5, 0.6) is 0 Å². The summed E-state index contributed by atoms with van der Waals surface area (Å²) in [6.45, 7) is 0. The van der Waals surface area contributed by atoms with Gasteiger partial charge in [-0.3, -0.25) is 9.13 Å². The number of nitrogens with zero attached hydrogens (tertiary/aromatic N) is 12. The highest BCUT2D eigenvalue weighted by Gasteiger charge is 2.39. The van der Waals surface area contributed by atoms with Crippen LogP contribution in [-0.2, 0) is 18.5 Å². The van der Waals surface area contributed by atoms with Crippen LogP contribution in [0.1, 0.15) is 87.7 Å². The van der Waals surface area contributed by atoms with Crippen LogP contribution in [-0.4, -0.2) is 77.7 Å². The Morgan fingerprint density at radius 2 is 0.942 bits per heavy atom. The molecule has 6 heterocycles. The molecular weight excluding hydrogens is 929 g/mol. The van der Waals surface area contributed by atoms with Gasteiger partial charge in [-0.05, 0) is 62.8 Å². The summed E-state index contributed by atoms with van der Waals surface area (Å²) in [7, 11) is 1.53. The molecule has 11 rings (SSSR count). The third kappa shape index (κ3) is 10.5. The molecule has 3 N–H and O–H groups in total. The van der Waals surface area contributed by atoms with Crippen molar-refractivity contribution in [1.82, 2.24) is 58.6 Å². The van der Waals surface area contributed by atoms with E-state index >= 15 is 0 Å². The Kier molecular flexibility index (Phi) is 12.7. The first kappa shape index (κ1) is 46.9. The lowest BCUT2D eigenvalue weighted by atomic mass is 10.1. The Morgan fingerprint density at radius 3 is 1.45 bits per heavy atom. The van der Waals surface area contributed by atoms with E-state index in [0.29, 0.717) is 16.7 Å². The summed E-state index contributed by atoms with van der Waals surface area (Å²) in [5.74, 6) is -3.88. The maximum atomic E-state index is 14.0. The maximum Gasteiger partial charge on any atom is 0.451 e. The van der Waals surface area contributed by atoms with E-state index in [-0.39, 0.29) is 63.7 Å². The quantitative estimate of drug-likeness (QED) is 0.0976. The normalized spacial score (nSPS) is 15.9. The first-order valence-corrected chi connectivity index (χ1v) is 21.9. The Bertz CT molecular complexity index is 3070. The van der Waals surface area contributed by atoms with Crippen molar-refractivity contribution in [3.8, 4) is 11.4 Å². The van der Waals surface area contributed by atoms with E-state index < -0.39 is 41.8 Å². The van der Waals surface area contributed by atoms with Crippen molar-refractivity contribution in [3.63, 3.8) is 0 Å². The van der Waals surface area contributed by atoms with Gasteiger partial charge in [0.05, 0.1) is 12.0 Å². The zero-order valence-electron chi connectivity index (χ0n) is 36.4. The number of rotatable bonds is 8. The number of alkyl halides is 9. The number of fused-ring (bicyclic) bond motifs is 3. The molecule has 0 unspecified atom stereocenters. The second-order valence-electron chi connectivity index (χ2n) is 16.6. The number of nitrogens with one attached hydrogen (secondary N) is 3. The number of imidazole rings is 3. The van der Waals surface area contributed by atoms with Crippen LogP contribution in [0, 0.1) is 5.82 Å². The molecule has 0 atom stereocenters. The van der Waals surface area contributed by atoms with Crippen LogP contribution in [0.25, 0.3) is 44.9 Å². The van der Waals surface area contributed by atoms with Crippen molar-refractivity contribution in [1.29, 1.82) is 0 Å². The lowest BCUT2D eigenvalue weighted by molar-refractivity contribution is -0.145. The van der Waals surface area contributed by atoms with Gasteiger partial charge < -0.3 is 20.5 Å². The smallest absolute Gasteiger partial charge is 0.371 e. The fourth-order valence-electron chi connectivity index (χ4n) is 7.72. The van der Waals surface area contributed by atoms with E-state index in [4.69, 9.17) is 0 Å². The standard InChI is InChI=1S/C15H11F4N5.C15H12F3N5.C14H18F3N5/c16-9-3-1-2-4-10(9)24-7-20-11-12(21-8-5-6-8)22-14(15(17,18)19)23-13(11)24;16-15(17,18)14-21-12(20-9-6-7-9)11-13(22-14)23(8-19-11)10-4-2-1-3-5-10;1-18-11-10-12(21-13(20-11)14(15,16)17)22(8-19-10)9-6-4-2-3-5-7-9/h1-4,7-8H,5-6H2,(H,21,22,23);1-5,8-9H,6-7H2,(H,20,21,22);8-9H,2-7H2,1H3,(H,18,20,21). The molecular formula is C44H41F10N15. The number of hydrogen-bond acceptors (Lipinski definition) is 12. The highest BCUT2D eigenvalue weighted by Crippen LogP contribution is 2.37. The van der Waals surface area contributed by atoms with Crippen molar-refractivity contribution < 1.29 is 43.9 Å². The summed E-state index contributed by atoms with van der Waals surface area (Å²) in [5, 5.41) is 8.62. The van der Waals surface area contributed by atoms with Gasteiger partial charge in [0.2, 0.25) is 17.5 Å². The van der Waals surface area contributed by atoms with E-state index in [1.807, 2.05) is 6.07 Å². The molecule has 0 radical (unpaired) electrons. The average molecular weight is 970 g/mol. The lowest BCUT2D eigenvalue weighted by Crippen LogP contribution is -2.15. The summed E-state index contributed by atoms with van der Waals surface area (Å²) in [5.41, 5.74) is 1.99. The van der Waals surface area contributed by atoms with Crippen LogP contribution in [0.2, 0.25) is 0 Å². The largest absolute Gasteiger partial charge is 0.451 e. The van der Waals surface area contributed by atoms with Crippen molar-refractivity contribution in [3.05, 3.63) is 96.9 Å². The average Bonchev–Trinajstić information content (AvgIpc) is 4.21. The van der Waals surface area contributed by atoms with Crippen molar-refractivity contribution in [2.24, 2.45) is 0 Å². The maximum absolute atomic E-state index is 14.0. The molecule has 3 aliphatic carbocycles. The third-order valence-electron chi connectivity index (χ3n) is 11.4. The molecule has 2 aromatic carbocycles. The zero-order chi connectivity index (χ0) is 48.7. The molecule has 3 fully saturated rings. The first-order chi connectivity index (χ1) is 33.0. The molecule has 3 aliphatic rings. The topological polar surface area (TPSA) is 167 Å². The lowest BCUT2D eigenvalue weighted by Gasteiger charge is -2.17. The minimum atomic E-state index is -4.71. The summed E-state index contributed by atoms with van der Waals surface area (Å²) >= 11 is 0. The molecule has 25 heteroatoms. The van der Waals surface area contributed by atoms with Gasteiger partial charge in [0.15, 0.2) is 45.4 Å². The second-order valence-corrected chi connectivity index (χ2v) is 16.6. The molecule has 8 aromatic rings. The summed E-state index contributed by atoms with van der Waals surface area (Å²) < 4.78 is 136. The SMILES string of the molecule is CNc1nc(C(F)(F)F)nc2c1ncn2C1CCCCCC1.FC(F)(F)c1nc(NC2CC2)c2ncn(-c3ccccc3)c2n1.Fc1ccccc1-n1cnc2c(NC3CC3)nc(C(F)(F)F)nc21. The molecule has 15 nitrogen and oxygen atoms in total. The Labute approximate surface area is 384 Å². The van der Waals surface area contributed by atoms with Gasteiger partial charge in [-0.2, -0.15) is 39.5 Å². The molecule has 0 spiro atoms. The van der Waals surface area contributed by atoms with Gasteiger partial charge in [0.25, 0.3) is 0 Å². The Morgan fingerprint density at radius 1 is 0.493 bits per heavy atom. The number of para-hydroxylation sites is 2. The first-order valence-electron chi connectivity index (χ1n) is 21.9. The Hall–Kier alpha value is -7.21. The summed E-state index contributed by atoms with van der Waals surface area (Å²) in [4.78, 5) is 34.3. The molecule has 6 aromatic heterocycles. The van der Waals surface area contributed by atoms with Crippen LogP contribution < -0.4 is 16.0 Å². The van der Waals surface area contributed by atoms with E-state index in [0.717, 1.165) is 51.4 Å². The number of halogens is 10. The highest BCUT2D eigenvalue weighted by molar-refractivity contribution is 5.86. The predicted octanol–water partition coefficient (Wildman–Crippen LogP) is 10.7. The summed E-state index contributed by atoms with van der Waals surface area (Å²) in [6.07, 6.45) is 0.399. The van der Waals surface area contributed by atoms with Crippen molar-refractivity contribution in [2.75, 3.05) is 23.0 Å². The van der Waals surface area contributed by atoms with Crippen LogP contribution in [0.3, 0.4) is 0 Å². The van der Waals surface area contributed by atoms with Crippen LogP contribution in [0.4, 0.5) is 61.4 Å². The molecule has 0 bridgehead atoms. The van der Waals surface area contributed by atoms with Crippen LogP contribution in [0.15, 0.2) is 73.6 Å². The number of aromatic nitrogens is 12. The third-order valence-corrected chi connectivity index (χ3v) is 11.4. The minimum absolute atomic E-state index is 0.0184. The van der Waals surface area contributed by atoms with E-state index in [9.17, 15) is 43.9 Å². The minimum Gasteiger partial charge on any atom is -0.371 e. The van der Waals surface area contributed by atoms with Crippen molar-refractivity contribution >= 4 is 50.9 Å². The Balaban J connectivity index is 0.000000129. The van der Waals surface area contributed by atoms with Crippen LogP contribution >= 0.6 is 0 Å². The predicted molar refractivity (Wildman–Crippen MR) is 233 cm³/mol. The molecule has 69 heavy (non-hydrogen) atoms. The van der Waals surface area contributed by atoms with Gasteiger partial charge in [0.1, 0.15) is 24.0 Å². The van der Waals surface area contributed by atoms with E-state index in [1.54, 1.807) is 41.2 Å². The number of benzene rings is 2. The van der Waals surface area contributed by atoms with E-state index in [2.05, 4.69) is 60.8 Å². The molecule has 362 valence electrons. The fourth-order valence-corrected chi connectivity index (χ4v) is 7.72.